The van der Waals surface area contributed by atoms with E-state index in [2.05, 4.69) is 16.8 Å². The molecule has 0 amide bonds. The fraction of sp³-hybridized carbons (Fsp3) is 1.00. The summed E-state index contributed by atoms with van der Waals surface area (Å²) >= 11 is 0. The highest BCUT2D eigenvalue weighted by Crippen LogP contribution is 2.45. The number of hydrogen-bond acceptors (Lipinski definition) is 4. The summed E-state index contributed by atoms with van der Waals surface area (Å²) in [5.41, 5.74) is 0.438. The Morgan fingerprint density at radius 1 is 0.846 bits per heavy atom. The van der Waals surface area contributed by atoms with Crippen LogP contribution in [0.3, 0.4) is 0 Å². The standard InChI is InChI=1S/C21H40N2O2Si/c1-16-13-15-23(20-11-7-6-9-18(16)20)26(24-2,25-3)21-19-10-5-4-8-17(19)12-14-22-21/h16-22H,4-15H2,1-3H3. The van der Waals surface area contributed by atoms with Crippen LogP contribution >= 0.6 is 0 Å². The quantitative estimate of drug-likeness (QED) is 0.752. The van der Waals surface area contributed by atoms with Crippen molar-refractivity contribution in [2.75, 3.05) is 27.3 Å². The Bertz CT molecular complexity index is 471. The van der Waals surface area contributed by atoms with E-state index in [9.17, 15) is 0 Å². The lowest BCUT2D eigenvalue weighted by Crippen LogP contribution is -2.76. The van der Waals surface area contributed by atoms with E-state index in [0.717, 1.165) is 30.2 Å². The van der Waals surface area contributed by atoms with E-state index in [-0.39, 0.29) is 0 Å². The first-order chi connectivity index (χ1) is 12.7. The minimum atomic E-state index is -2.47. The van der Waals surface area contributed by atoms with Gasteiger partial charge < -0.3 is 14.2 Å². The molecule has 2 aliphatic heterocycles. The predicted molar refractivity (Wildman–Crippen MR) is 108 cm³/mol. The zero-order valence-electron chi connectivity index (χ0n) is 17.2. The van der Waals surface area contributed by atoms with Crippen molar-refractivity contribution in [3.05, 3.63) is 0 Å². The van der Waals surface area contributed by atoms with Gasteiger partial charge in [0.15, 0.2) is 0 Å². The second kappa shape index (κ2) is 8.20. The molecule has 26 heavy (non-hydrogen) atoms. The van der Waals surface area contributed by atoms with Crippen LogP contribution in [-0.2, 0) is 8.85 Å². The van der Waals surface area contributed by atoms with Gasteiger partial charge in [-0.2, -0.15) is 0 Å². The summed E-state index contributed by atoms with van der Waals surface area (Å²) in [6.07, 6.45) is 13.8. The Morgan fingerprint density at radius 3 is 2.31 bits per heavy atom. The first-order valence-corrected chi connectivity index (χ1v) is 13.2. The van der Waals surface area contributed by atoms with Crippen LogP contribution in [-0.4, -0.2) is 52.3 Å². The summed E-state index contributed by atoms with van der Waals surface area (Å²) in [4.78, 5) is 0. The van der Waals surface area contributed by atoms with Gasteiger partial charge >= 0.3 is 8.72 Å². The minimum absolute atomic E-state index is 0.438. The Labute approximate surface area is 161 Å². The molecule has 2 saturated heterocycles. The van der Waals surface area contributed by atoms with Crippen LogP contribution in [0.2, 0.25) is 0 Å². The number of rotatable bonds is 4. The van der Waals surface area contributed by atoms with Gasteiger partial charge in [-0.25, -0.2) is 0 Å². The molecule has 4 nitrogen and oxygen atoms in total. The summed E-state index contributed by atoms with van der Waals surface area (Å²) in [7, 11) is 1.42. The van der Waals surface area contributed by atoms with Gasteiger partial charge in [-0.05, 0) is 68.9 Å². The highest BCUT2D eigenvalue weighted by Gasteiger charge is 2.59. The van der Waals surface area contributed by atoms with Gasteiger partial charge in [0.2, 0.25) is 0 Å². The van der Waals surface area contributed by atoms with Crippen molar-refractivity contribution < 1.29 is 8.85 Å². The van der Waals surface area contributed by atoms with Gasteiger partial charge in [-0.1, -0.05) is 39.0 Å². The topological polar surface area (TPSA) is 33.7 Å². The molecule has 2 aliphatic carbocycles. The lowest BCUT2D eigenvalue weighted by molar-refractivity contribution is 0.0139. The summed E-state index contributed by atoms with van der Waals surface area (Å²) < 4.78 is 15.8. The fourth-order valence-corrected chi connectivity index (χ4v) is 11.2. The molecule has 4 aliphatic rings. The van der Waals surface area contributed by atoms with E-state index >= 15 is 0 Å². The van der Waals surface area contributed by atoms with Crippen molar-refractivity contribution in [1.29, 1.82) is 0 Å². The van der Waals surface area contributed by atoms with Gasteiger partial charge in [0.1, 0.15) is 0 Å². The molecule has 0 spiro atoms. The van der Waals surface area contributed by atoms with E-state index in [0.29, 0.717) is 11.7 Å². The van der Waals surface area contributed by atoms with E-state index in [1.54, 1.807) is 0 Å². The second-order valence-electron chi connectivity index (χ2n) is 9.44. The Hall–Kier alpha value is 0.0569. The first-order valence-electron chi connectivity index (χ1n) is 11.3. The van der Waals surface area contributed by atoms with E-state index < -0.39 is 8.72 Å². The lowest BCUT2D eigenvalue weighted by atomic mass is 9.73. The Morgan fingerprint density at radius 2 is 1.54 bits per heavy atom. The number of nitrogens with zero attached hydrogens (tertiary/aromatic N) is 1. The SMILES string of the molecule is CO[Si](OC)(C1NCCC2CCCCC21)N1CCC(C)C2CCCCC21. The van der Waals surface area contributed by atoms with Gasteiger partial charge in [0.25, 0.3) is 0 Å². The van der Waals surface area contributed by atoms with Crippen LogP contribution in [0.1, 0.15) is 71.1 Å². The molecule has 5 heteroatoms. The Kier molecular flexibility index (Phi) is 6.11. The highest BCUT2D eigenvalue weighted by molar-refractivity contribution is 6.66. The molecule has 0 aromatic rings. The molecule has 6 atom stereocenters. The third kappa shape index (κ3) is 3.22. The van der Waals surface area contributed by atoms with Gasteiger partial charge in [0.05, 0.1) is 5.67 Å². The first kappa shape index (κ1) is 19.4. The molecular weight excluding hydrogens is 340 g/mol. The van der Waals surface area contributed by atoms with Crippen LogP contribution in [0, 0.1) is 23.7 Å². The summed E-state index contributed by atoms with van der Waals surface area (Å²) in [6, 6.07) is 0.685. The molecule has 0 aromatic heterocycles. The second-order valence-corrected chi connectivity index (χ2v) is 12.7. The smallest absolute Gasteiger partial charge is 0.385 e. The summed E-state index contributed by atoms with van der Waals surface area (Å²) in [5.74, 6) is 3.35. The van der Waals surface area contributed by atoms with Crippen molar-refractivity contribution >= 4 is 8.72 Å². The average Bonchev–Trinajstić information content (AvgIpc) is 2.71. The molecule has 1 N–H and O–H groups in total. The average molecular weight is 381 g/mol. The molecule has 0 radical (unpaired) electrons. The van der Waals surface area contributed by atoms with Crippen LogP contribution in [0.15, 0.2) is 0 Å². The molecule has 4 rings (SSSR count). The summed E-state index contributed by atoms with van der Waals surface area (Å²) in [6.45, 7) is 4.80. The maximum Gasteiger partial charge on any atom is 0.445 e. The van der Waals surface area contributed by atoms with Crippen molar-refractivity contribution in [3.63, 3.8) is 0 Å². The van der Waals surface area contributed by atoms with Crippen molar-refractivity contribution in [2.24, 2.45) is 23.7 Å². The van der Waals surface area contributed by atoms with Gasteiger partial charge in [-0.15, -0.1) is 0 Å². The van der Waals surface area contributed by atoms with Gasteiger partial charge in [-0.3, -0.25) is 4.57 Å². The van der Waals surface area contributed by atoms with Crippen molar-refractivity contribution in [2.45, 2.75) is 82.8 Å². The van der Waals surface area contributed by atoms with Crippen molar-refractivity contribution in [1.82, 2.24) is 9.88 Å². The van der Waals surface area contributed by atoms with E-state index in [4.69, 9.17) is 8.85 Å². The number of nitrogens with one attached hydrogen (secondary N) is 1. The van der Waals surface area contributed by atoms with Crippen LogP contribution in [0.4, 0.5) is 0 Å². The third-order valence-corrected chi connectivity index (χ3v) is 12.3. The van der Waals surface area contributed by atoms with E-state index in [1.807, 2.05) is 14.2 Å². The normalized spacial score (nSPS) is 42.1. The Balaban J connectivity index is 1.64. The maximum absolute atomic E-state index is 6.48. The molecule has 2 saturated carbocycles. The molecule has 2 heterocycles. The number of hydrogen-bond donors (Lipinski definition) is 1. The maximum atomic E-state index is 6.48. The fourth-order valence-electron chi connectivity index (χ4n) is 7.06. The molecule has 0 bridgehead atoms. The molecule has 6 unspecified atom stereocenters. The molecule has 0 aromatic carbocycles. The van der Waals surface area contributed by atoms with E-state index in [1.165, 1.54) is 70.8 Å². The highest BCUT2D eigenvalue weighted by atomic mass is 28.4. The van der Waals surface area contributed by atoms with Crippen LogP contribution in [0.25, 0.3) is 0 Å². The molecule has 4 fully saturated rings. The largest absolute Gasteiger partial charge is 0.445 e. The predicted octanol–water partition coefficient (Wildman–Crippen LogP) is 3.83. The van der Waals surface area contributed by atoms with Crippen LogP contribution in [0.5, 0.6) is 0 Å². The monoisotopic (exact) mass is 380 g/mol. The number of fused-ring (bicyclic) bond motifs is 2. The zero-order valence-corrected chi connectivity index (χ0v) is 18.2. The molecule has 150 valence electrons. The summed E-state index contributed by atoms with van der Waals surface area (Å²) in [5, 5.41) is 3.94. The third-order valence-electron chi connectivity index (χ3n) is 8.39. The van der Waals surface area contributed by atoms with Gasteiger partial charge in [0, 0.05) is 20.3 Å². The number of piperidine rings is 2. The van der Waals surface area contributed by atoms with Crippen LogP contribution < -0.4 is 5.32 Å². The molecular formula is C21H40N2O2Si. The minimum Gasteiger partial charge on any atom is -0.385 e. The lowest BCUT2D eigenvalue weighted by Gasteiger charge is -2.56. The zero-order chi connectivity index (χ0) is 18.1. The van der Waals surface area contributed by atoms with Crippen molar-refractivity contribution in [3.8, 4) is 0 Å².